The molecule has 122 valence electrons. The van der Waals surface area contributed by atoms with Gasteiger partial charge in [0.05, 0.1) is 15.6 Å². The van der Waals surface area contributed by atoms with Gasteiger partial charge in [-0.1, -0.05) is 12.1 Å². The van der Waals surface area contributed by atoms with Crippen LogP contribution in [-0.4, -0.2) is 26.8 Å². The maximum Gasteiger partial charge on any atom is 0.357 e. The number of anilines is 1. The quantitative estimate of drug-likeness (QED) is 0.849. The second-order valence-electron chi connectivity index (χ2n) is 5.83. The highest BCUT2D eigenvalue weighted by molar-refractivity contribution is 9.10. The minimum atomic E-state index is -1.23. The number of carboxylic acids is 1. The molecule has 1 amide bonds. The molecule has 0 fully saturated rings. The molecule has 0 saturated carbocycles. The zero-order valence-electron chi connectivity index (χ0n) is 12.7. The van der Waals surface area contributed by atoms with Gasteiger partial charge >= 0.3 is 5.97 Å². The first-order valence-electron chi connectivity index (χ1n) is 6.71. The number of carbonyl (C=O) groups is 2. The van der Waals surface area contributed by atoms with E-state index in [1.54, 1.807) is 20.8 Å². The molecule has 0 spiro atoms. The number of aromatic nitrogens is 2. The normalized spacial score (nSPS) is 11.3. The lowest BCUT2D eigenvalue weighted by Crippen LogP contribution is -2.27. The molecule has 0 aliphatic heterocycles. The molecule has 0 aliphatic rings. The molecular formula is C15H15BrFN3O3. The van der Waals surface area contributed by atoms with E-state index in [0.717, 1.165) is 0 Å². The van der Waals surface area contributed by atoms with E-state index in [4.69, 9.17) is 0 Å². The average Bonchev–Trinajstić information content (AvgIpc) is 2.76. The van der Waals surface area contributed by atoms with Crippen LogP contribution in [0.15, 0.2) is 28.7 Å². The molecule has 1 aromatic carbocycles. The van der Waals surface area contributed by atoms with Crippen molar-refractivity contribution in [2.24, 2.45) is 0 Å². The average molecular weight is 384 g/mol. The van der Waals surface area contributed by atoms with Crippen LogP contribution in [0.25, 0.3) is 0 Å². The number of benzene rings is 1. The molecule has 2 N–H and O–H groups in total. The van der Waals surface area contributed by atoms with Crippen molar-refractivity contribution in [3.8, 4) is 0 Å². The van der Waals surface area contributed by atoms with E-state index in [1.165, 1.54) is 28.9 Å². The van der Waals surface area contributed by atoms with Gasteiger partial charge in [0, 0.05) is 0 Å². The number of nitrogens with zero attached hydrogens (tertiary/aromatic N) is 2. The summed E-state index contributed by atoms with van der Waals surface area (Å²) in [6.45, 7) is 5.41. The van der Waals surface area contributed by atoms with E-state index < -0.39 is 23.2 Å². The summed E-state index contributed by atoms with van der Waals surface area (Å²) in [5.74, 6) is -2.43. The van der Waals surface area contributed by atoms with Crippen molar-refractivity contribution >= 4 is 33.6 Å². The molecule has 0 aliphatic carbocycles. The van der Waals surface area contributed by atoms with E-state index in [2.05, 4.69) is 26.3 Å². The van der Waals surface area contributed by atoms with Gasteiger partial charge in [-0.25, -0.2) is 13.9 Å². The monoisotopic (exact) mass is 383 g/mol. The number of nitrogens with one attached hydrogen (secondary N) is 1. The second kappa shape index (κ2) is 6.11. The van der Waals surface area contributed by atoms with Crippen LogP contribution in [-0.2, 0) is 5.54 Å². The Morgan fingerprint density at radius 1 is 1.30 bits per heavy atom. The van der Waals surface area contributed by atoms with Crippen LogP contribution >= 0.6 is 15.9 Å². The highest BCUT2D eigenvalue weighted by atomic mass is 79.9. The number of aromatic carboxylic acids is 1. The van der Waals surface area contributed by atoms with Gasteiger partial charge < -0.3 is 10.4 Å². The topological polar surface area (TPSA) is 84.2 Å². The van der Waals surface area contributed by atoms with Gasteiger partial charge in [0.15, 0.2) is 5.69 Å². The van der Waals surface area contributed by atoms with Crippen LogP contribution in [0.4, 0.5) is 10.2 Å². The van der Waals surface area contributed by atoms with Crippen LogP contribution < -0.4 is 5.32 Å². The standard InChI is InChI=1S/C15H15BrFN3O3/c1-15(2,3)20-12(10(16)11(19-20)14(22)23)18-13(21)8-6-4-5-7-9(8)17/h4-7H,1-3H3,(H,18,21)(H,22,23). The molecule has 0 bridgehead atoms. The summed E-state index contributed by atoms with van der Waals surface area (Å²) in [4.78, 5) is 23.5. The zero-order chi connectivity index (χ0) is 17.4. The van der Waals surface area contributed by atoms with E-state index in [0.29, 0.717) is 0 Å². The lowest BCUT2D eigenvalue weighted by Gasteiger charge is -2.22. The molecule has 0 atom stereocenters. The van der Waals surface area contributed by atoms with Crippen molar-refractivity contribution in [1.29, 1.82) is 0 Å². The summed E-state index contributed by atoms with van der Waals surface area (Å²) in [6.07, 6.45) is 0. The molecule has 2 aromatic rings. The van der Waals surface area contributed by atoms with Crippen molar-refractivity contribution in [3.63, 3.8) is 0 Å². The zero-order valence-corrected chi connectivity index (χ0v) is 14.3. The molecule has 0 saturated heterocycles. The molecule has 1 heterocycles. The molecule has 0 unspecified atom stereocenters. The maximum absolute atomic E-state index is 13.7. The number of halogens is 2. The Labute approximate surface area is 140 Å². The van der Waals surface area contributed by atoms with E-state index >= 15 is 0 Å². The molecule has 6 nitrogen and oxygen atoms in total. The maximum atomic E-state index is 13.7. The van der Waals surface area contributed by atoms with Gasteiger partial charge in [0.2, 0.25) is 0 Å². The third kappa shape index (κ3) is 3.42. The smallest absolute Gasteiger partial charge is 0.357 e. The number of carbonyl (C=O) groups excluding carboxylic acids is 1. The van der Waals surface area contributed by atoms with Crippen LogP contribution in [0.1, 0.15) is 41.6 Å². The van der Waals surface area contributed by atoms with Gasteiger partial charge in [-0.2, -0.15) is 5.10 Å². The number of hydrogen-bond acceptors (Lipinski definition) is 3. The van der Waals surface area contributed by atoms with Crippen molar-refractivity contribution in [2.45, 2.75) is 26.3 Å². The molecule has 1 aromatic heterocycles. The van der Waals surface area contributed by atoms with Gasteiger partial charge in [0.1, 0.15) is 11.6 Å². The Hall–Kier alpha value is -2.22. The van der Waals surface area contributed by atoms with Crippen molar-refractivity contribution < 1.29 is 19.1 Å². The summed E-state index contributed by atoms with van der Waals surface area (Å²) < 4.78 is 15.2. The first-order chi connectivity index (χ1) is 10.6. The first kappa shape index (κ1) is 17.1. The van der Waals surface area contributed by atoms with Crippen molar-refractivity contribution in [3.05, 3.63) is 45.8 Å². The third-order valence-corrected chi connectivity index (χ3v) is 3.77. The summed E-state index contributed by atoms with van der Waals surface area (Å²) >= 11 is 3.14. The lowest BCUT2D eigenvalue weighted by atomic mass is 10.1. The number of hydrogen-bond donors (Lipinski definition) is 2. The van der Waals surface area contributed by atoms with Gasteiger partial charge in [0.25, 0.3) is 5.91 Å². The lowest BCUT2D eigenvalue weighted by molar-refractivity contribution is 0.0687. The van der Waals surface area contributed by atoms with Gasteiger partial charge in [-0.15, -0.1) is 0 Å². The van der Waals surface area contributed by atoms with Crippen molar-refractivity contribution in [2.75, 3.05) is 5.32 Å². The fraction of sp³-hybridized carbons (Fsp3) is 0.267. The minimum Gasteiger partial charge on any atom is -0.476 e. The number of amides is 1. The van der Waals surface area contributed by atoms with Crippen LogP contribution in [0.3, 0.4) is 0 Å². The molecule has 23 heavy (non-hydrogen) atoms. The SMILES string of the molecule is CC(C)(C)n1nc(C(=O)O)c(Br)c1NC(=O)c1ccccc1F. The molecule has 0 radical (unpaired) electrons. The third-order valence-electron chi connectivity index (χ3n) is 3.02. The summed E-state index contributed by atoms with van der Waals surface area (Å²) in [5.41, 5.74) is -0.963. The highest BCUT2D eigenvalue weighted by Gasteiger charge is 2.28. The predicted molar refractivity (Wildman–Crippen MR) is 86.2 cm³/mol. The van der Waals surface area contributed by atoms with Crippen molar-refractivity contribution in [1.82, 2.24) is 9.78 Å². The van der Waals surface area contributed by atoms with Crippen LogP contribution in [0.2, 0.25) is 0 Å². The summed E-state index contributed by atoms with van der Waals surface area (Å²) in [6, 6.07) is 5.53. The molecule has 2 rings (SSSR count). The Balaban J connectivity index is 2.49. The fourth-order valence-electron chi connectivity index (χ4n) is 1.95. The predicted octanol–water partition coefficient (Wildman–Crippen LogP) is 3.49. The Bertz CT molecular complexity index is 781. The summed E-state index contributed by atoms with van der Waals surface area (Å²) in [5, 5.41) is 15.7. The van der Waals surface area contributed by atoms with Gasteiger partial charge in [-0.05, 0) is 48.8 Å². The molecule has 8 heteroatoms. The summed E-state index contributed by atoms with van der Waals surface area (Å²) in [7, 11) is 0. The van der Waals surface area contributed by atoms with E-state index in [1.807, 2.05) is 0 Å². The largest absolute Gasteiger partial charge is 0.476 e. The van der Waals surface area contributed by atoms with E-state index in [9.17, 15) is 19.1 Å². The van der Waals surface area contributed by atoms with Crippen LogP contribution in [0.5, 0.6) is 0 Å². The number of carboxylic acid groups (broad SMARTS) is 1. The Morgan fingerprint density at radius 2 is 1.91 bits per heavy atom. The van der Waals surface area contributed by atoms with Crippen LogP contribution in [0, 0.1) is 5.82 Å². The first-order valence-corrected chi connectivity index (χ1v) is 7.50. The fourth-order valence-corrected chi connectivity index (χ4v) is 2.47. The molecular weight excluding hydrogens is 369 g/mol. The Kier molecular flexibility index (Phi) is 4.56. The second-order valence-corrected chi connectivity index (χ2v) is 6.63. The Morgan fingerprint density at radius 3 is 2.43 bits per heavy atom. The minimum absolute atomic E-state index is 0.129. The number of rotatable bonds is 3. The highest BCUT2D eigenvalue weighted by Crippen LogP contribution is 2.31. The van der Waals surface area contributed by atoms with E-state index in [-0.39, 0.29) is 21.5 Å². The van der Waals surface area contributed by atoms with Gasteiger partial charge in [-0.3, -0.25) is 4.79 Å².